The molecule has 0 spiro atoms. The lowest BCUT2D eigenvalue weighted by Gasteiger charge is -2.20. The van der Waals surface area contributed by atoms with E-state index in [4.69, 9.17) is 4.74 Å². The van der Waals surface area contributed by atoms with Crippen LogP contribution in [0.5, 0.6) is 17.2 Å². The molecule has 0 saturated carbocycles. The Kier molecular flexibility index (Phi) is 8.91. The molecule has 0 atom stereocenters. The average Bonchev–Trinajstić information content (AvgIpc) is 3.57. The first-order chi connectivity index (χ1) is 18.3. The van der Waals surface area contributed by atoms with Crippen LogP contribution < -0.4 is 4.74 Å². The Hall–Kier alpha value is -3.56. The van der Waals surface area contributed by atoms with Crippen molar-refractivity contribution in [3.8, 4) is 17.2 Å². The van der Waals surface area contributed by atoms with Gasteiger partial charge in [-0.15, -0.1) is 11.3 Å². The van der Waals surface area contributed by atoms with Crippen molar-refractivity contribution in [2.24, 2.45) is 0 Å². The van der Waals surface area contributed by atoms with E-state index in [-0.39, 0.29) is 22.6 Å². The topological polar surface area (TPSA) is 93.6 Å². The van der Waals surface area contributed by atoms with Gasteiger partial charge in [-0.05, 0) is 60.3 Å². The van der Waals surface area contributed by atoms with Crippen molar-refractivity contribution in [1.82, 2.24) is 14.7 Å². The summed E-state index contributed by atoms with van der Waals surface area (Å²) in [6, 6.07) is 12.0. The first kappa shape index (κ1) is 27.5. The summed E-state index contributed by atoms with van der Waals surface area (Å²) in [5.41, 5.74) is 1.96. The number of nitrogens with zero attached hydrogens (tertiary/aromatic N) is 3. The van der Waals surface area contributed by atoms with E-state index in [9.17, 15) is 19.8 Å². The van der Waals surface area contributed by atoms with E-state index in [1.54, 1.807) is 11.9 Å². The van der Waals surface area contributed by atoms with Crippen LogP contribution >= 0.6 is 11.3 Å². The molecule has 1 aliphatic heterocycles. The van der Waals surface area contributed by atoms with Crippen molar-refractivity contribution in [2.45, 2.75) is 39.9 Å². The van der Waals surface area contributed by atoms with Crippen LogP contribution in [0.4, 0.5) is 0 Å². The van der Waals surface area contributed by atoms with Gasteiger partial charge in [0.25, 0.3) is 11.8 Å². The lowest BCUT2D eigenvalue weighted by molar-refractivity contribution is 0.0748. The molecule has 3 aromatic rings. The highest BCUT2D eigenvalue weighted by atomic mass is 32.1. The van der Waals surface area contributed by atoms with Crippen molar-refractivity contribution in [2.75, 3.05) is 33.3 Å². The fourth-order valence-corrected chi connectivity index (χ4v) is 5.38. The quantitative estimate of drug-likeness (QED) is 0.345. The maximum Gasteiger partial charge on any atom is 0.258 e. The monoisotopic (exact) mass is 537 g/mol. The van der Waals surface area contributed by atoms with Gasteiger partial charge in [0.2, 0.25) is 0 Å². The van der Waals surface area contributed by atoms with Crippen LogP contribution in [0.2, 0.25) is 0 Å². The Morgan fingerprint density at radius 1 is 1.00 bits per heavy atom. The summed E-state index contributed by atoms with van der Waals surface area (Å²) >= 11 is 1.53. The van der Waals surface area contributed by atoms with Gasteiger partial charge in [0.05, 0.1) is 24.3 Å². The molecule has 202 valence electrons. The molecule has 0 unspecified atom stereocenters. The SMILES string of the molecule is CCN(CC)CCCOc1ccc2c(c1)CN(C(=O)c1cc(C(=O)N(C)Cc3cccs3)c(O)cc1O)C2. The van der Waals surface area contributed by atoms with E-state index in [0.29, 0.717) is 26.2 Å². The van der Waals surface area contributed by atoms with Crippen molar-refractivity contribution in [1.29, 1.82) is 0 Å². The first-order valence-electron chi connectivity index (χ1n) is 12.9. The first-order valence-corrected chi connectivity index (χ1v) is 13.8. The van der Waals surface area contributed by atoms with Gasteiger partial charge in [0, 0.05) is 37.6 Å². The fourth-order valence-electron chi connectivity index (χ4n) is 4.63. The Morgan fingerprint density at radius 2 is 1.74 bits per heavy atom. The number of ether oxygens (including phenoxy) is 1. The number of carbonyl (C=O) groups excluding carboxylic acids is 2. The Morgan fingerprint density at radius 3 is 2.45 bits per heavy atom. The molecule has 2 N–H and O–H groups in total. The summed E-state index contributed by atoms with van der Waals surface area (Å²) in [4.78, 5) is 32.9. The largest absolute Gasteiger partial charge is 0.507 e. The molecule has 9 heteroatoms. The Bertz CT molecular complexity index is 1270. The minimum absolute atomic E-state index is 0.0173. The molecular weight excluding hydrogens is 502 g/mol. The number of hydrogen-bond donors (Lipinski definition) is 2. The van der Waals surface area contributed by atoms with Gasteiger partial charge in [-0.3, -0.25) is 9.59 Å². The summed E-state index contributed by atoms with van der Waals surface area (Å²) in [5, 5.41) is 22.8. The summed E-state index contributed by atoms with van der Waals surface area (Å²) < 4.78 is 5.95. The molecular formula is C29H35N3O5S. The Balaban J connectivity index is 1.42. The summed E-state index contributed by atoms with van der Waals surface area (Å²) in [6.45, 7) is 9.10. The van der Waals surface area contributed by atoms with Crippen molar-refractivity contribution in [3.63, 3.8) is 0 Å². The van der Waals surface area contributed by atoms with E-state index in [1.165, 1.54) is 22.3 Å². The van der Waals surface area contributed by atoms with Crippen LogP contribution in [0.25, 0.3) is 0 Å². The molecule has 1 aliphatic rings. The molecule has 4 rings (SSSR count). The number of thiophene rings is 1. The van der Waals surface area contributed by atoms with Crippen LogP contribution in [0.15, 0.2) is 47.8 Å². The number of phenolic OH excluding ortho intramolecular Hbond substituents is 2. The second-order valence-electron chi connectivity index (χ2n) is 9.45. The molecule has 2 amide bonds. The summed E-state index contributed by atoms with van der Waals surface area (Å²) in [7, 11) is 1.64. The number of amides is 2. The van der Waals surface area contributed by atoms with E-state index in [2.05, 4.69) is 18.7 Å². The van der Waals surface area contributed by atoms with Gasteiger partial charge in [-0.25, -0.2) is 0 Å². The van der Waals surface area contributed by atoms with Gasteiger partial charge < -0.3 is 29.6 Å². The van der Waals surface area contributed by atoms with Gasteiger partial charge in [-0.2, -0.15) is 0 Å². The number of benzene rings is 2. The lowest BCUT2D eigenvalue weighted by Crippen LogP contribution is -2.28. The van der Waals surface area contributed by atoms with Crippen LogP contribution in [0.3, 0.4) is 0 Å². The van der Waals surface area contributed by atoms with Crippen LogP contribution in [-0.4, -0.2) is 70.0 Å². The normalized spacial score (nSPS) is 12.6. The fraction of sp³-hybridized carbons (Fsp3) is 0.379. The number of phenols is 2. The van der Waals surface area contributed by atoms with Gasteiger partial charge in [0.1, 0.15) is 17.2 Å². The zero-order valence-corrected chi connectivity index (χ0v) is 23.0. The average molecular weight is 538 g/mol. The molecule has 0 fully saturated rings. The number of fused-ring (bicyclic) bond motifs is 1. The molecule has 1 aromatic heterocycles. The highest BCUT2D eigenvalue weighted by molar-refractivity contribution is 7.09. The van der Waals surface area contributed by atoms with Gasteiger partial charge in [0.15, 0.2) is 0 Å². The van der Waals surface area contributed by atoms with E-state index in [1.807, 2.05) is 35.7 Å². The summed E-state index contributed by atoms with van der Waals surface area (Å²) in [5.74, 6) is -0.799. The van der Waals surface area contributed by atoms with Crippen LogP contribution in [0.1, 0.15) is 57.0 Å². The number of aromatic hydroxyl groups is 2. The molecule has 2 heterocycles. The van der Waals surface area contributed by atoms with E-state index < -0.39 is 11.8 Å². The second kappa shape index (κ2) is 12.3. The number of hydrogen-bond acceptors (Lipinski definition) is 7. The summed E-state index contributed by atoms with van der Waals surface area (Å²) in [6.07, 6.45) is 0.938. The minimum Gasteiger partial charge on any atom is -0.507 e. The lowest BCUT2D eigenvalue weighted by atomic mass is 10.1. The molecule has 0 radical (unpaired) electrons. The second-order valence-corrected chi connectivity index (χ2v) is 10.5. The third kappa shape index (κ3) is 6.28. The zero-order valence-electron chi connectivity index (χ0n) is 22.1. The molecule has 0 bridgehead atoms. The van der Waals surface area contributed by atoms with Crippen LogP contribution in [0, 0.1) is 0 Å². The molecule has 2 aromatic carbocycles. The predicted molar refractivity (Wildman–Crippen MR) is 148 cm³/mol. The molecule has 38 heavy (non-hydrogen) atoms. The zero-order chi connectivity index (χ0) is 27.2. The minimum atomic E-state index is -0.433. The maximum absolute atomic E-state index is 13.4. The van der Waals surface area contributed by atoms with Crippen molar-refractivity contribution < 1.29 is 24.5 Å². The highest BCUT2D eigenvalue weighted by Crippen LogP contribution is 2.33. The standard InChI is InChI=1S/C29H35N3O5S/c1-4-31(5-2)11-7-12-37-22-10-9-20-17-32(18-21(20)14-22)29(36)25-15-24(26(33)16-27(25)34)28(35)30(3)19-23-8-6-13-38-23/h6,8-10,13-16,33-34H,4-5,7,11-12,17-19H2,1-3H3. The van der Waals surface area contributed by atoms with E-state index in [0.717, 1.165) is 53.9 Å². The maximum atomic E-state index is 13.4. The third-order valence-electron chi connectivity index (χ3n) is 6.86. The molecule has 0 aliphatic carbocycles. The third-order valence-corrected chi connectivity index (χ3v) is 7.72. The Labute approximate surface area is 227 Å². The predicted octanol–water partition coefficient (Wildman–Crippen LogP) is 4.70. The van der Waals surface area contributed by atoms with Crippen molar-refractivity contribution >= 4 is 23.2 Å². The van der Waals surface area contributed by atoms with Crippen LogP contribution in [-0.2, 0) is 19.6 Å². The van der Waals surface area contributed by atoms with Crippen molar-refractivity contribution in [3.05, 3.63) is 75.0 Å². The van der Waals surface area contributed by atoms with Gasteiger partial charge in [-0.1, -0.05) is 26.0 Å². The molecule has 0 saturated heterocycles. The smallest absolute Gasteiger partial charge is 0.258 e. The van der Waals surface area contributed by atoms with E-state index >= 15 is 0 Å². The highest BCUT2D eigenvalue weighted by Gasteiger charge is 2.29. The number of rotatable bonds is 11. The molecule has 8 nitrogen and oxygen atoms in total. The number of carbonyl (C=O) groups is 2. The van der Waals surface area contributed by atoms with Gasteiger partial charge >= 0.3 is 0 Å².